The Morgan fingerprint density at radius 2 is 2.16 bits per heavy atom. The highest BCUT2D eigenvalue weighted by Gasteiger charge is 2.14. The molecule has 0 aliphatic carbocycles. The van der Waals surface area contributed by atoms with E-state index in [1.165, 1.54) is 0 Å². The highest BCUT2D eigenvalue weighted by Crippen LogP contribution is 2.23. The van der Waals surface area contributed by atoms with Crippen LogP contribution in [0.3, 0.4) is 0 Å². The summed E-state index contributed by atoms with van der Waals surface area (Å²) >= 11 is 0. The zero-order valence-corrected chi connectivity index (χ0v) is 10.9. The maximum atomic E-state index is 11.3. The van der Waals surface area contributed by atoms with Crippen LogP contribution in [0.15, 0.2) is 18.2 Å². The maximum Gasteiger partial charge on any atom is 0.224 e. The Morgan fingerprint density at radius 1 is 1.32 bits per heavy atom. The molecule has 1 aromatic carbocycles. The van der Waals surface area contributed by atoms with E-state index in [0.717, 1.165) is 23.2 Å². The van der Waals surface area contributed by atoms with Crippen molar-refractivity contribution in [3.63, 3.8) is 0 Å². The number of fused-ring (bicyclic) bond motifs is 1. The first kappa shape index (κ1) is 14.0. The number of benzene rings is 1. The van der Waals surface area contributed by atoms with Crippen molar-refractivity contribution < 1.29 is 15.0 Å². The lowest BCUT2D eigenvalue weighted by Gasteiger charge is -2.19. The minimum atomic E-state index is -0.0827. The van der Waals surface area contributed by atoms with E-state index in [4.69, 9.17) is 10.2 Å². The average molecular weight is 264 g/mol. The van der Waals surface area contributed by atoms with Gasteiger partial charge in [0, 0.05) is 31.3 Å². The number of amides is 1. The van der Waals surface area contributed by atoms with Gasteiger partial charge in [0.1, 0.15) is 0 Å². The van der Waals surface area contributed by atoms with Crippen LogP contribution in [0.25, 0.3) is 0 Å². The first-order chi connectivity index (χ1) is 9.22. The number of nitrogens with one attached hydrogen (secondary N) is 2. The predicted molar refractivity (Wildman–Crippen MR) is 72.8 cm³/mol. The molecule has 5 heteroatoms. The molecule has 1 unspecified atom stereocenters. The Labute approximate surface area is 112 Å². The van der Waals surface area contributed by atoms with Crippen molar-refractivity contribution in [1.82, 2.24) is 5.32 Å². The van der Waals surface area contributed by atoms with Crippen LogP contribution in [0, 0.1) is 0 Å². The molecule has 0 saturated heterocycles. The molecule has 0 bridgehead atoms. The van der Waals surface area contributed by atoms with Crippen molar-refractivity contribution in [2.24, 2.45) is 0 Å². The molecule has 4 N–H and O–H groups in total. The van der Waals surface area contributed by atoms with Crippen molar-refractivity contribution in [2.75, 3.05) is 18.5 Å². The van der Waals surface area contributed by atoms with Gasteiger partial charge < -0.3 is 20.8 Å². The molecule has 2 rings (SSSR count). The molecule has 0 radical (unpaired) electrons. The number of hydrogen-bond donors (Lipinski definition) is 4. The van der Waals surface area contributed by atoms with E-state index < -0.39 is 0 Å². The Hall–Kier alpha value is -1.43. The van der Waals surface area contributed by atoms with E-state index in [9.17, 15) is 4.79 Å². The number of aryl methyl sites for hydroxylation is 1. The van der Waals surface area contributed by atoms with Crippen LogP contribution < -0.4 is 10.6 Å². The second-order valence-electron chi connectivity index (χ2n) is 4.81. The molecule has 0 aromatic heterocycles. The van der Waals surface area contributed by atoms with E-state index in [2.05, 4.69) is 16.7 Å². The van der Waals surface area contributed by atoms with Crippen molar-refractivity contribution in [3.8, 4) is 0 Å². The molecule has 1 atom stereocenters. The van der Waals surface area contributed by atoms with E-state index in [1.807, 2.05) is 12.1 Å². The van der Waals surface area contributed by atoms with E-state index >= 15 is 0 Å². The van der Waals surface area contributed by atoms with Crippen LogP contribution >= 0.6 is 0 Å². The summed E-state index contributed by atoms with van der Waals surface area (Å²) in [5.74, 6) is 0.0710. The highest BCUT2D eigenvalue weighted by atomic mass is 16.3. The van der Waals surface area contributed by atoms with Crippen LogP contribution in [-0.2, 0) is 17.8 Å². The van der Waals surface area contributed by atoms with Crippen LogP contribution in [0.2, 0.25) is 0 Å². The van der Waals surface area contributed by atoms with E-state index in [0.29, 0.717) is 19.4 Å². The van der Waals surface area contributed by atoms with Gasteiger partial charge >= 0.3 is 0 Å². The van der Waals surface area contributed by atoms with Crippen molar-refractivity contribution in [3.05, 3.63) is 29.3 Å². The van der Waals surface area contributed by atoms with Crippen LogP contribution in [0.5, 0.6) is 0 Å². The molecule has 1 aliphatic heterocycles. The Kier molecular flexibility index (Phi) is 4.90. The summed E-state index contributed by atoms with van der Waals surface area (Å²) in [5.41, 5.74) is 3.17. The fourth-order valence-electron chi connectivity index (χ4n) is 2.22. The number of rotatable bonds is 6. The molecule has 0 fully saturated rings. The van der Waals surface area contributed by atoms with Gasteiger partial charge in [-0.15, -0.1) is 0 Å². The first-order valence-electron chi connectivity index (χ1n) is 6.59. The zero-order valence-electron chi connectivity index (χ0n) is 10.9. The molecule has 1 amide bonds. The van der Waals surface area contributed by atoms with Gasteiger partial charge in [-0.1, -0.05) is 12.1 Å². The molecular weight excluding hydrogens is 244 g/mol. The van der Waals surface area contributed by atoms with Gasteiger partial charge in [0.2, 0.25) is 5.91 Å². The lowest BCUT2D eigenvalue weighted by atomic mass is 10.0. The van der Waals surface area contributed by atoms with Crippen LogP contribution in [0.1, 0.15) is 24.0 Å². The number of carbonyl (C=O) groups excluding carboxylic acids is 1. The number of carbonyl (C=O) groups is 1. The lowest BCUT2D eigenvalue weighted by molar-refractivity contribution is -0.116. The van der Waals surface area contributed by atoms with Gasteiger partial charge in [0.15, 0.2) is 0 Å². The van der Waals surface area contributed by atoms with Crippen molar-refractivity contribution >= 4 is 11.6 Å². The number of aliphatic hydroxyl groups is 2. The third-order valence-electron chi connectivity index (χ3n) is 3.36. The smallest absolute Gasteiger partial charge is 0.224 e. The molecule has 1 aromatic rings. The van der Waals surface area contributed by atoms with Gasteiger partial charge in [-0.25, -0.2) is 0 Å². The van der Waals surface area contributed by atoms with Crippen molar-refractivity contribution in [1.29, 1.82) is 0 Å². The van der Waals surface area contributed by atoms with E-state index in [-0.39, 0.29) is 25.2 Å². The van der Waals surface area contributed by atoms with Gasteiger partial charge in [-0.2, -0.15) is 0 Å². The molecule has 104 valence electrons. The van der Waals surface area contributed by atoms with Gasteiger partial charge in [0.05, 0.1) is 6.61 Å². The highest BCUT2D eigenvalue weighted by molar-refractivity contribution is 5.93. The topological polar surface area (TPSA) is 81.6 Å². The second kappa shape index (κ2) is 6.65. The minimum Gasteiger partial charge on any atom is -0.396 e. The summed E-state index contributed by atoms with van der Waals surface area (Å²) in [5, 5.41) is 24.0. The SMILES string of the molecule is O=C1CCc2cc(CNC(CO)CCO)ccc2N1. The number of hydrogen-bond acceptors (Lipinski definition) is 4. The predicted octanol–water partition coefficient (Wildman–Crippen LogP) is 0.404. The molecule has 1 aliphatic rings. The second-order valence-corrected chi connectivity index (χ2v) is 4.81. The van der Waals surface area contributed by atoms with Crippen LogP contribution in [0.4, 0.5) is 5.69 Å². The van der Waals surface area contributed by atoms with Crippen molar-refractivity contribution in [2.45, 2.75) is 31.8 Å². The summed E-state index contributed by atoms with van der Waals surface area (Å²) in [7, 11) is 0. The summed E-state index contributed by atoms with van der Waals surface area (Å²) in [6.45, 7) is 0.725. The minimum absolute atomic E-state index is 0.0154. The normalized spacial score (nSPS) is 15.8. The first-order valence-corrected chi connectivity index (χ1v) is 6.59. The molecule has 19 heavy (non-hydrogen) atoms. The molecule has 5 nitrogen and oxygen atoms in total. The Balaban J connectivity index is 1.96. The van der Waals surface area contributed by atoms with Gasteiger partial charge in [-0.3, -0.25) is 4.79 Å². The third-order valence-corrected chi connectivity index (χ3v) is 3.36. The quantitative estimate of drug-likeness (QED) is 0.599. The summed E-state index contributed by atoms with van der Waals surface area (Å²) in [6, 6.07) is 5.88. The largest absolute Gasteiger partial charge is 0.396 e. The summed E-state index contributed by atoms with van der Waals surface area (Å²) in [4.78, 5) is 11.3. The molecule has 1 heterocycles. The molecule has 0 spiro atoms. The number of anilines is 1. The average Bonchev–Trinajstić information content (AvgIpc) is 2.43. The standard InChI is InChI=1S/C14H20N2O3/c17-6-5-12(9-18)15-8-10-1-3-13-11(7-10)2-4-14(19)16-13/h1,3,7,12,15,17-18H,2,4-6,8-9H2,(H,16,19). The summed E-state index contributed by atoms with van der Waals surface area (Å²) < 4.78 is 0. The monoisotopic (exact) mass is 264 g/mol. The fourth-order valence-corrected chi connectivity index (χ4v) is 2.22. The fraction of sp³-hybridized carbons (Fsp3) is 0.500. The molecule has 0 saturated carbocycles. The van der Waals surface area contributed by atoms with Gasteiger partial charge in [-0.05, 0) is 30.0 Å². The number of aliphatic hydroxyl groups excluding tert-OH is 2. The molecular formula is C14H20N2O3. The van der Waals surface area contributed by atoms with Gasteiger partial charge in [0.25, 0.3) is 0 Å². The Morgan fingerprint density at radius 3 is 2.89 bits per heavy atom. The maximum absolute atomic E-state index is 11.3. The van der Waals surface area contributed by atoms with E-state index in [1.54, 1.807) is 0 Å². The third kappa shape index (κ3) is 3.76. The van der Waals surface area contributed by atoms with Crippen LogP contribution in [-0.4, -0.2) is 35.4 Å². The zero-order chi connectivity index (χ0) is 13.7. The Bertz CT molecular complexity index is 448. The summed E-state index contributed by atoms with van der Waals surface area (Å²) in [6.07, 6.45) is 1.85. The lowest BCUT2D eigenvalue weighted by Crippen LogP contribution is -2.32.